The summed E-state index contributed by atoms with van der Waals surface area (Å²) in [6, 6.07) is 65.9. The minimum atomic E-state index is 1.10. The second kappa shape index (κ2) is 13.8. The van der Waals surface area contributed by atoms with Gasteiger partial charge in [-0.2, -0.15) is 0 Å². The number of hydrogen-bond donors (Lipinski definition) is 0. The van der Waals surface area contributed by atoms with E-state index in [0.29, 0.717) is 0 Å². The number of benzene rings is 7. The second-order valence-electron chi connectivity index (χ2n) is 14.8. The Kier molecular flexibility index (Phi) is 7.97. The average molecular weight is 744 g/mol. The molecule has 5 nitrogen and oxygen atoms in total. The van der Waals surface area contributed by atoms with Crippen LogP contribution in [0.2, 0.25) is 0 Å². The first kappa shape index (κ1) is 33.6. The van der Waals surface area contributed by atoms with E-state index >= 15 is 0 Å². The predicted octanol–water partition coefficient (Wildman–Crippen LogP) is 13.8. The maximum absolute atomic E-state index is 4.22. The van der Waals surface area contributed by atoms with E-state index < -0.39 is 0 Å². The normalized spacial score (nSPS) is 11.5. The molecule has 0 unspecified atom stereocenters. The predicted molar refractivity (Wildman–Crippen MR) is 241 cm³/mol. The summed E-state index contributed by atoms with van der Waals surface area (Å²) in [6.45, 7) is 2.15. The lowest BCUT2D eigenvalue weighted by atomic mass is 10.0. The zero-order valence-corrected chi connectivity index (χ0v) is 31.9. The van der Waals surface area contributed by atoms with Gasteiger partial charge in [-0.05, 0) is 126 Å². The number of nitrogens with zero attached hydrogens (tertiary/aromatic N) is 5. The molecule has 0 bridgehead atoms. The van der Waals surface area contributed by atoms with E-state index in [4.69, 9.17) is 0 Å². The lowest BCUT2D eigenvalue weighted by molar-refractivity contribution is 1.18. The number of aryl methyl sites for hydroxylation is 1. The molecule has 7 aromatic carbocycles. The fraction of sp³-hybridized carbons (Fsp3) is 0.0189. The molecule has 0 aliphatic carbocycles. The smallest absolute Gasteiger partial charge is 0.0562 e. The van der Waals surface area contributed by atoms with E-state index in [-0.39, 0.29) is 0 Å². The highest BCUT2D eigenvalue weighted by Gasteiger charge is 2.24. The first-order chi connectivity index (χ1) is 28.7. The Hall–Kier alpha value is -7.76. The van der Waals surface area contributed by atoms with Crippen molar-refractivity contribution in [3.8, 4) is 33.6 Å². The lowest BCUT2D eigenvalue weighted by Gasteiger charge is -2.27. The number of anilines is 3. The molecule has 11 aromatic rings. The molecule has 5 heteroatoms. The van der Waals surface area contributed by atoms with Crippen LogP contribution in [0.3, 0.4) is 0 Å². The van der Waals surface area contributed by atoms with Crippen LogP contribution in [0.25, 0.3) is 77.2 Å². The van der Waals surface area contributed by atoms with Gasteiger partial charge in [-0.3, -0.25) is 9.97 Å². The average Bonchev–Trinajstić information content (AvgIpc) is 3.82. The molecule has 11 rings (SSSR count). The first-order valence-electron chi connectivity index (χ1n) is 19.6. The summed E-state index contributed by atoms with van der Waals surface area (Å²) in [5.41, 5.74) is 16.0. The Morgan fingerprint density at radius 3 is 1.21 bits per heavy atom. The summed E-state index contributed by atoms with van der Waals surface area (Å²) < 4.78 is 4.81. The number of hydrogen-bond acceptors (Lipinski definition) is 3. The van der Waals surface area contributed by atoms with Crippen LogP contribution >= 0.6 is 0 Å². The van der Waals surface area contributed by atoms with Crippen LogP contribution in [0.4, 0.5) is 17.1 Å². The number of pyridine rings is 2. The molecule has 58 heavy (non-hydrogen) atoms. The van der Waals surface area contributed by atoms with Crippen molar-refractivity contribution in [3.63, 3.8) is 0 Å². The third-order valence-electron chi connectivity index (χ3n) is 11.4. The quantitative estimate of drug-likeness (QED) is 0.163. The summed E-state index contributed by atoms with van der Waals surface area (Å²) in [4.78, 5) is 10.9. The molecular weight excluding hydrogens is 707 g/mol. The lowest BCUT2D eigenvalue weighted by Crippen LogP contribution is -2.11. The molecule has 0 spiro atoms. The summed E-state index contributed by atoms with van der Waals surface area (Å²) in [6.07, 6.45) is 7.38. The Labute approximate surface area is 336 Å². The van der Waals surface area contributed by atoms with Crippen LogP contribution in [0.1, 0.15) is 5.56 Å². The van der Waals surface area contributed by atoms with Gasteiger partial charge in [0.25, 0.3) is 0 Å². The molecule has 0 saturated carbocycles. The Morgan fingerprint density at radius 2 is 0.759 bits per heavy atom. The summed E-state index contributed by atoms with van der Waals surface area (Å²) in [7, 11) is 0. The molecule has 0 radical (unpaired) electrons. The monoisotopic (exact) mass is 743 g/mol. The first-order valence-corrected chi connectivity index (χ1v) is 19.6. The Morgan fingerprint density at radius 1 is 0.362 bits per heavy atom. The standard InChI is InChI=1S/C53H37N5/c1-36-16-22-41(23-17-36)58(50-14-6-12-48-52(50)44-8-2-4-10-46(44)56(48)42-24-18-37(19-25-42)39-28-32-54-33-29-39)51-15-7-13-49-53(51)45-9-3-5-11-47(45)57(49)43-26-20-38(21-27-43)40-30-34-55-35-31-40/h2-35H,1H3. The Bertz CT molecular complexity index is 3050. The maximum atomic E-state index is 4.22. The largest absolute Gasteiger partial charge is 0.309 e. The number of aromatic nitrogens is 4. The van der Waals surface area contributed by atoms with E-state index in [1.165, 1.54) is 27.1 Å². The van der Waals surface area contributed by atoms with Crippen LogP contribution in [-0.4, -0.2) is 19.1 Å². The summed E-state index contributed by atoms with van der Waals surface area (Å²) in [5.74, 6) is 0. The maximum Gasteiger partial charge on any atom is 0.0562 e. The van der Waals surface area contributed by atoms with E-state index in [2.05, 4.69) is 213 Å². The van der Waals surface area contributed by atoms with Gasteiger partial charge < -0.3 is 14.0 Å². The van der Waals surface area contributed by atoms with Crippen LogP contribution in [0.5, 0.6) is 0 Å². The van der Waals surface area contributed by atoms with Gasteiger partial charge in [0.1, 0.15) is 0 Å². The van der Waals surface area contributed by atoms with Crippen molar-refractivity contribution < 1.29 is 0 Å². The van der Waals surface area contributed by atoms with Crippen LogP contribution in [-0.2, 0) is 0 Å². The SMILES string of the molecule is Cc1ccc(N(c2cccc3c2c2ccccc2n3-c2ccc(-c3ccncc3)cc2)c2cccc3c2c2ccccc2n3-c2ccc(-c3ccncc3)cc2)cc1. The molecular formula is C53H37N5. The van der Waals surface area contributed by atoms with Crippen molar-refractivity contribution in [3.05, 3.63) is 212 Å². The van der Waals surface area contributed by atoms with E-state index in [0.717, 1.165) is 72.8 Å². The number of para-hydroxylation sites is 2. The van der Waals surface area contributed by atoms with Crippen LogP contribution < -0.4 is 4.90 Å². The molecule has 0 aliphatic heterocycles. The van der Waals surface area contributed by atoms with Crippen molar-refractivity contribution >= 4 is 60.7 Å². The molecule has 274 valence electrons. The fourth-order valence-corrected chi connectivity index (χ4v) is 8.73. The van der Waals surface area contributed by atoms with Gasteiger partial charge in [-0.1, -0.05) is 90.5 Å². The summed E-state index contributed by atoms with van der Waals surface area (Å²) in [5, 5.41) is 4.80. The molecule has 0 N–H and O–H groups in total. The van der Waals surface area contributed by atoms with Crippen molar-refractivity contribution in [2.24, 2.45) is 0 Å². The molecule has 0 aliphatic rings. The Balaban J connectivity index is 1.15. The molecule has 0 saturated heterocycles. The number of fused-ring (bicyclic) bond motifs is 6. The minimum absolute atomic E-state index is 1.10. The summed E-state index contributed by atoms with van der Waals surface area (Å²) >= 11 is 0. The van der Waals surface area contributed by atoms with Crippen molar-refractivity contribution in [1.82, 2.24) is 19.1 Å². The van der Waals surface area contributed by atoms with Gasteiger partial charge in [-0.15, -0.1) is 0 Å². The zero-order valence-electron chi connectivity index (χ0n) is 31.9. The van der Waals surface area contributed by atoms with Crippen molar-refractivity contribution in [2.75, 3.05) is 4.90 Å². The van der Waals surface area contributed by atoms with Gasteiger partial charge in [0.15, 0.2) is 0 Å². The molecule has 4 heterocycles. The highest BCUT2D eigenvalue weighted by Crippen LogP contribution is 2.48. The third-order valence-corrected chi connectivity index (χ3v) is 11.4. The fourth-order valence-electron chi connectivity index (χ4n) is 8.73. The van der Waals surface area contributed by atoms with E-state index in [1.807, 2.05) is 24.8 Å². The van der Waals surface area contributed by atoms with Gasteiger partial charge >= 0.3 is 0 Å². The van der Waals surface area contributed by atoms with Crippen LogP contribution in [0, 0.1) is 6.92 Å². The topological polar surface area (TPSA) is 38.9 Å². The highest BCUT2D eigenvalue weighted by atomic mass is 15.2. The minimum Gasteiger partial charge on any atom is -0.309 e. The molecule has 0 amide bonds. The third kappa shape index (κ3) is 5.47. The van der Waals surface area contributed by atoms with Gasteiger partial charge in [-0.25, -0.2) is 0 Å². The number of rotatable bonds is 7. The van der Waals surface area contributed by atoms with E-state index in [9.17, 15) is 0 Å². The van der Waals surface area contributed by atoms with E-state index in [1.54, 1.807) is 0 Å². The van der Waals surface area contributed by atoms with Gasteiger partial charge in [0.05, 0.1) is 33.4 Å². The van der Waals surface area contributed by atoms with Crippen molar-refractivity contribution in [1.29, 1.82) is 0 Å². The molecule has 0 fully saturated rings. The second-order valence-corrected chi connectivity index (χ2v) is 14.8. The van der Waals surface area contributed by atoms with Crippen molar-refractivity contribution in [2.45, 2.75) is 6.92 Å². The highest BCUT2D eigenvalue weighted by molar-refractivity contribution is 6.20. The zero-order chi connectivity index (χ0) is 38.6. The van der Waals surface area contributed by atoms with Gasteiger partial charge in [0, 0.05) is 63.4 Å². The van der Waals surface area contributed by atoms with Gasteiger partial charge in [0.2, 0.25) is 0 Å². The van der Waals surface area contributed by atoms with Crippen LogP contribution in [0.15, 0.2) is 207 Å². The molecule has 0 atom stereocenters. The molecule has 4 aromatic heterocycles.